The van der Waals surface area contributed by atoms with Crippen molar-refractivity contribution in [2.75, 3.05) is 13.2 Å². The molecule has 1 rings (SSSR count). The second kappa shape index (κ2) is 6.41. The normalized spacial score (nSPS) is 11.4. The first kappa shape index (κ1) is 15.3. The van der Waals surface area contributed by atoms with E-state index in [2.05, 4.69) is 5.32 Å². The lowest BCUT2D eigenvalue weighted by Crippen LogP contribution is -2.36. The summed E-state index contributed by atoms with van der Waals surface area (Å²) in [5.74, 6) is -0.161. The zero-order valence-electron chi connectivity index (χ0n) is 10.5. The first-order valence-electron chi connectivity index (χ1n) is 5.66. The number of carbonyl (C=O) groups excluding carboxylic acids is 1. The van der Waals surface area contributed by atoms with Crippen molar-refractivity contribution in [3.8, 4) is 0 Å². The van der Waals surface area contributed by atoms with Gasteiger partial charge >= 0.3 is 0 Å². The third kappa shape index (κ3) is 4.48. The van der Waals surface area contributed by atoms with E-state index in [0.29, 0.717) is 22.2 Å². The van der Waals surface area contributed by atoms with Crippen LogP contribution in [0, 0.1) is 5.41 Å². The zero-order valence-corrected chi connectivity index (χ0v) is 12.0. The standard InChI is InChI=1S/C13H17Cl2NO2/c1-13(2,8-17)7-16-12(18)6-9-10(14)4-3-5-11(9)15/h3-5,17H,6-8H2,1-2H3,(H,16,18). The van der Waals surface area contributed by atoms with Crippen molar-refractivity contribution in [2.45, 2.75) is 20.3 Å². The molecule has 0 saturated heterocycles. The van der Waals surface area contributed by atoms with E-state index in [9.17, 15) is 4.79 Å². The summed E-state index contributed by atoms with van der Waals surface area (Å²) in [5, 5.41) is 12.8. The monoisotopic (exact) mass is 289 g/mol. The van der Waals surface area contributed by atoms with Crippen LogP contribution in [-0.2, 0) is 11.2 Å². The van der Waals surface area contributed by atoms with Crippen LogP contribution in [0.3, 0.4) is 0 Å². The van der Waals surface area contributed by atoms with Gasteiger partial charge < -0.3 is 10.4 Å². The maximum absolute atomic E-state index is 11.8. The van der Waals surface area contributed by atoms with E-state index >= 15 is 0 Å². The number of aliphatic hydroxyl groups is 1. The number of nitrogens with one attached hydrogen (secondary N) is 1. The van der Waals surface area contributed by atoms with Gasteiger partial charge in [-0.1, -0.05) is 43.1 Å². The lowest BCUT2D eigenvalue weighted by Gasteiger charge is -2.21. The molecule has 0 bridgehead atoms. The average Bonchev–Trinajstić information content (AvgIpc) is 2.32. The largest absolute Gasteiger partial charge is 0.396 e. The number of carbonyl (C=O) groups is 1. The summed E-state index contributed by atoms with van der Waals surface area (Å²) in [6, 6.07) is 5.14. The van der Waals surface area contributed by atoms with Crippen molar-refractivity contribution in [1.29, 1.82) is 0 Å². The molecule has 18 heavy (non-hydrogen) atoms. The van der Waals surface area contributed by atoms with Crippen molar-refractivity contribution in [3.05, 3.63) is 33.8 Å². The van der Waals surface area contributed by atoms with E-state index in [-0.39, 0.29) is 24.3 Å². The lowest BCUT2D eigenvalue weighted by molar-refractivity contribution is -0.121. The van der Waals surface area contributed by atoms with Gasteiger partial charge in [0.15, 0.2) is 0 Å². The Bertz CT molecular complexity index is 413. The number of aliphatic hydroxyl groups excluding tert-OH is 1. The summed E-state index contributed by atoms with van der Waals surface area (Å²) in [6.07, 6.45) is 0.139. The van der Waals surface area contributed by atoms with Crippen LogP contribution in [0.5, 0.6) is 0 Å². The van der Waals surface area contributed by atoms with E-state index < -0.39 is 0 Å². The highest BCUT2D eigenvalue weighted by Gasteiger charge is 2.18. The second-order valence-corrected chi connectivity index (χ2v) is 5.79. The molecule has 2 N–H and O–H groups in total. The Balaban J connectivity index is 2.61. The highest BCUT2D eigenvalue weighted by molar-refractivity contribution is 6.36. The molecule has 0 aliphatic rings. The Morgan fingerprint density at radius 1 is 1.33 bits per heavy atom. The minimum Gasteiger partial charge on any atom is -0.396 e. The van der Waals surface area contributed by atoms with Gasteiger partial charge in [0.2, 0.25) is 5.91 Å². The number of halogens is 2. The number of amides is 1. The third-order valence-corrected chi connectivity index (χ3v) is 3.30. The highest BCUT2D eigenvalue weighted by atomic mass is 35.5. The molecule has 1 aromatic carbocycles. The summed E-state index contributed by atoms with van der Waals surface area (Å²) in [7, 11) is 0. The molecule has 0 aliphatic heterocycles. The summed E-state index contributed by atoms with van der Waals surface area (Å²) in [4.78, 5) is 11.8. The summed E-state index contributed by atoms with van der Waals surface area (Å²) in [6.45, 7) is 4.16. The molecule has 3 nitrogen and oxygen atoms in total. The molecule has 0 aromatic heterocycles. The molecule has 1 amide bonds. The summed E-state index contributed by atoms with van der Waals surface area (Å²) in [5.41, 5.74) is 0.292. The maximum Gasteiger partial charge on any atom is 0.224 e. The van der Waals surface area contributed by atoms with Crippen molar-refractivity contribution in [1.82, 2.24) is 5.32 Å². The predicted molar refractivity (Wildman–Crippen MR) is 74.0 cm³/mol. The van der Waals surface area contributed by atoms with E-state index in [1.807, 2.05) is 13.8 Å². The Kier molecular flexibility index (Phi) is 5.45. The quantitative estimate of drug-likeness (QED) is 0.876. The van der Waals surface area contributed by atoms with Crippen LogP contribution < -0.4 is 5.32 Å². The Labute approximate surface area is 117 Å². The number of hydrogen-bond acceptors (Lipinski definition) is 2. The van der Waals surface area contributed by atoms with E-state index in [4.69, 9.17) is 28.3 Å². The first-order valence-corrected chi connectivity index (χ1v) is 6.42. The van der Waals surface area contributed by atoms with Gasteiger partial charge in [-0.05, 0) is 17.7 Å². The molecule has 0 radical (unpaired) electrons. The van der Waals surface area contributed by atoms with Crippen LogP contribution in [-0.4, -0.2) is 24.2 Å². The molecule has 5 heteroatoms. The molecular weight excluding hydrogens is 273 g/mol. The van der Waals surface area contributed by atoms with E-state index in [0.717, 1.165) is 0 Å². The maximum atomic E-state index is 11.8. The fourth-order valence-electron chi connectivity index (χ4n) is 1.32. The van der Waals surface area contributed by atoms with Crippen molar-refractivity contribution < 1.29 is 9.90 Å². The van der Waals surface area contributed by atoms with Gasteiger partial charge in [0.25, 0.3) is 0 Å². The van der Waals surface area contributed by atoms with Crippen molar-refractivity contribution >= 4 is 29.1 Å². The van der Waals surface area contributed by atoms with Crippen LogP contribution in [0.1, 0.15) is 19.4 Å². The molecule has 1 aromatic rings. The van der Waals surface area contributed by atoms with Crippen LogP contribution in [0.4, 0.5) is 0 Å². The average molecular weight is 290 g/mol. The second-order valence-electron chi connectivity index (χ2n) is 4.98. The molecular formula is C13H17Cl2NO2. The van der Waals surface area contributed by atoms with Gasteiger partial charge in [-0.2, -0.15) is 0 Å². The first-order chi connectivity index (χ1) is 8.35. The minimum atomic E-state index is -0.333. The van der Waals surface area contributed by atoms with Crippen molar-refractivity contribution in [3.63, 3.8) is 0 Å². The summed E-state index contributed by atoms with van der Waals surface area (Å²) >= 11 is 12.0. The number of benzene rings is 1. The molecule has 0 fully saturated rings. The smallest absolute Gasteiger partial charge is 0.224 e. The molecule has 100 valence electrons. The lowest BCUT2D eigenvalue weighted by atomic mass is 9.95. The molecule has 0 heterocycles. The Morgan fingerprint density at radius 3 is 2.39 bits per heavy atom. The predicted octanol–water partition coefficient (Wildman–Crippen LogP) is 2.67. The van der Waals surface area contributed by atoms with Gasteiger partial charge in [-0.3, -0.25) is 4.79 Å². The topological polar surface area (TPSA) is 49.3 Å². The zero-order chi connectivity index (χ0) is 13.8. The van der Waals surface area contributed by atoms with E-state index in [1.165, 1.54) is 0 Å². The van der Waals surface area contributed by atoms with Gasteiger partial charge in [0, 0.05) is 28.6 Å². The van der Waals surface area contributed by atoms with Gasteiger partial charge in [0.05, 0.1) is 6.42 Å². The molecule has 0 atom stereocenters. The van der Waals surface area contributed by atoms with Crippen LogP contribution in [0.25, 0.3) is 0 Å². The molecule has 0 unspecified atom stereocenters. The minimum absolute atomic E-state index is 0.0140. The third-order valence-electron chi connectivity index (χ3n) is 2.59. The molecule has 0 spiro atoms. The van der Waals surface area contributed by atoms with Gasteiger partial charge in [-0.25, -0.2) is 0 Å². The number of hydrogen-bond donors (Lipinski definition) is 2. The molecule has 0 saturated carbocycles. The number of rotatable bonds is 5. The van der Waals surface area contributed by atoms with Crippen LogP contribution in [0.15, 0.2) is 18.2 Å². The van der Waals surface area contributed by atoms with Gasteiger partial charge in [0.1, 0.15) is 0 Å². The molecule has 0 aliphatic carbocycles. The fourth-order valence-corrected chi connectivity index (χ4v) is 1.85. The van der Waals surface area contributed by atoms with Crippen molar-refractivity contribution in [2.24, 2.45) is 5.41 Å². The Morgan fingerprint density at radius 2 is 1.89 bits per heavy atom. The summed E-state index contributed by atoms with van der Waals surface area (Å²) < 4.78 is 0. The van der Waals surface area contributed by atoms with Crippen LogP contribution >= 0.6 is 23.2 Å². The highest BCUT2D eigenvalue weighted by Crippen LogP contribution is 2.24. The van der Waals surface area contributed by atoms with E-state index in [1.54, 1.807) is 18.2 Å². The SMILES string of the molecule is CC(C)(CO)CNC(=O)Cc1c(Cl)cccc1Cl. The fraction of sp³-hybridized carbons (Fsp3) is 0.462. The van der Waals surface area contributed by atoms with Gasteiger partial charge in [-0.15, -0.1) is 0 Å². The Hall–Kier alpha value is -0.770. The van der Waals surface area contributed by atoms with Crippen LogP contribution in [0.2, 0.25) is 10.0 Å².